The molecule has 0 spiro atoms. The molecule has 2 aromatic heterocycles. The minimum absolute atomic E-state index is 0.211. The second-order valence-corrected chi connectivity index (χ2v) is 7.17. The van der Waals surface area contributed by atoms with Crippen molar-refractivity contribution in [2.24, 2.45) is 0 Å². The first kappa shape index (κ1) is 18.6. The van der Waals surface area contributed by atoms with Crippen LogP contribution in [0.5, 0.6) is 0 Å². The number of para-hydroxylation sites is 1. The molecular weight excluding hydrogens is 393 g/mol. The number of hydrazine groups is 1. The highest BCUT2D eigenvalue weighted by molar-refractivity contribution is 7.22. The van der Waals surface area contributed by atoms with E-state index in [1.165, 1.54) is 41.9 Å². The third kappa shape index (κ3) is 3.92. The monoisotopic (exact) mass is 409 g/mol. The highest BCUT2D eigenvalue weighted by Crippen LogP contribution is 2.32. The summed E-state index contributed by atoms with van der Waals surface area (Å²) in [5.41, 5.74) is 13.7. The van der Waals surface area contributed by atoms with Crippen molar-refractivity contribution in [1.29, 1.82) is 0 Å². The number of amides is 1. The van der Waals surface area contributed by atoms with E-state index in [0.29, 0.717) is 10.9 Å². The molecule has 0 saturated heterocycles. The number of hydrogen-bond acceptors (Lipinski definition) is 8. The number of hydrogen-bond donors (Lipinski definition) is 4. The molecule has 0 unspecified atom stereocenters. The molecule has 4 rings (SSSR count). The van der Waals surface area contributed by atoms with Gasteiger partial charge >= 0.3 is 0 Å². The number of carbonyl (C=O) groups excluding carboxylic acids is 1. The topological polar surface area (TPSA) is 118 Å². The van der Waals surface area contributed by atoms with Gasteiger partial charge in [0.15, 0.2) is 16.8 Å². The third-order valence-electron chi connectivity index (χ3n) is 4.13. The van der Waals surface area contributed by atoms with Crippen LogP contribution in [0.1, 0.15) is 15.9 Å². The molecule has 146 valence electrons. The van der Waals surface area contributed by atoms with Gasteiger partial charge in [0.25, 0.3) is 5.91 Å². The fourth-order valence-corrected chi connectivity index (χ4v) is 3.57. The lowest BCUT2D eigenvalue weighted by molar-refractivity contribution is 0.0962. The first-order valence-corrected chi connectivity index (χ1v) is 9.38. The normalized spacial score (nSPS) is 10.7. The maximum Gasteiger partial charge on any atom is 0.269 e. The summed E-state index contributed by atoms with van der Waals surface area (Å²) < 4.78 is 14.0. The third-order valence-corrected chi connectivity index (χ3v) is 5.07. The van der Waals surface area contributed by atoms with Gasteiger partial charge in [0.2, 0.25) is 0 Å². The molecule has 1 amide bonds. The first-order valence-electron chi connectivity index (χ1n) is 8.57. The van der Waals surface area contributed by atoms with E-state index in [9.17, 15) is 9.18 Å². The number of aromatic nitrogens is 3. The average molecular weight is 409 g/mol. The summed E-state index contributed by atoms with van der Waals surface area (Å²) in [6.07, 6.45) is 1.31. The van der Waals surface area contributed by atoms with Gasteiger partial charge in [-0.15, -0.1) is 0 Å². The second-order valence-electron chi connectivity index (χ2n) is 6.14. The minimum Gasteiger partial charge on any atom is -0.393 e. The van der Waals surface area contributed by atoms with Crippen molar-refractivity contribution in [2.45, 2.75) is 6.92 Å². The lowest BCUT2D eigenvalue weighted by Crippen LogP contribution is -2.30. The number of anilines is 4. The number of thiazole rings is 1. The lowest BCUT2D eigenvalue weighted by atomic mass is 10.2. The van der Waals surface area contributed by atoms with E-state index in [1.807, 2.05) is 25.1 Å². The number of benzene rings is 2. The van der Waals surface area contributed by atoms with Gasteiger partial charge in [0, 0.05) is 5.56 Å². The summed E-state index contributed by atoms with van der Waals surface area (Å²) in [6.45, 7) is 2.00. The van der Waals surface area contributed by atoms with Crippen LogP contribution < -0.4 is 21.9 Å². The van der Waals surface area contributed by atoms with Gasteiger partial charge < -0.3 is 11.1 Å². The van der Waals surface area contributed by atoms with E-state index >= 15 is 0 Å². The van der Waals surface area contributed by atoms with E-state index in [2.05, 4.69) is 31.1 Å². The summed E-state index contributed by atoms with van der Waals surface area (Å²) in [5.74, 6) is -0.306. The van der Waals surface area contributed by atoms with E-state index < -0.39 is 11.7 Å². The van der Waals surface area contributed by atoms with Crippen LogP contribution in [-0.2, 0) is 0 Å². The van der Waals surface area contributed by atoms with Gasteiger partial charge in [0.1, 0.15) is 17.8 Å². The molecule has 8 nitrogen and oxygen atoms in total. The molecule has 0 saturated carbocycles. The number of nitrogen functional groups attached to an aromatic ring is 1. The van der Waals surface area contributed by atoms with Crippen molar-refractivity contribution in [3.63, 3.8) is 0 Å². The smallest absolute Gasteiger partial charge is 0.269 e. The Morgan fingerprint density at radius 3 is 2.62 bits per heavy atom. The Kier molecular flexibility index (Phi) is 4.92. The molecule has 0 bridgehead atoms. The number of nitrogens with two attached hydrogens (primary N) is 1. The number of nitrogens with one attached hydrogen (secondary N) is 3. The molecule has 2 aromatic carbocycles. The van der Waals surface area contributed by atoms with Crippen molar-refractivity contribution in [3.05, 3.63) is 65.7 Å². The average Bonchev–Trinajstić information content (AvgIpc) is 3.13. The van der Waals surface area contributed by atoms with Crippen LogP contribution in [0, 0.1) is 12.7 Å². The van der Waals surface area contributed by atoms with E-state index in [-0.39, 0.29) is 17.1 Å². The largest absolute Gasteiger partial charge is 0.393 e. The molecular formula is C19H16FN7OS. The van der Waals surface area contributed by atoms with Crippen LogP contribution in [0.15, 0.2) is 48.8 Å². The van der Waals surface area contributed by atoms with Crippen LogP contribution in [-0.4, -0.2) is 20.9 Å². The first-order chi connectivity index (χ1) is 14.0. The SMILES string of the molecule is Cc1cccc2sc(Nc3ncnc(NNC(=O)c4ccc(F)cc4)c3N)nc12. The van der Waals surface area contributed by atoms with Gasteiger partial charge in [0.05, 0.1) is 10.2 Å². The Morgan fingerprint density at radius 1 is 1.10 bits per heavy atom. The zero-order chi connectivity index (χ0) is 20.4. The number of aryl methyl sites for hydroxylation is 1. The highest BCUT2D eigenvalue weighted by Gasteiger charge is 2.13. The number of nitrogens with zero attached hydrogens (tertiary/aromatic N) is 3. The summed E-state index contributed by atoms with van der Waals surface area (Å²) in [4.78, 5) is 24.9. The maximum absolute atomic E-state index is 13.0. The van der Waals surface area contributed by atoms with Crippen molar-refractivity contribution in [3.8, 4) is 0 Å². The summed E-state index contributed by atoms with van der Waals surface area (Å²) in [5, 5.41) is 3.73. The predicted molar refractivity (Wildman–Crippen MR) is 112 cm³/mol. The Bertz CT molecular complexity index is 1190. The fourth-order valence-electron chi connectivity index (χ4n) is 2.63. The van der Waals surface area contributed by atoms with Crippen LogP contribution in [0.2, 0.25) is 0 Å². The standard InChI is InChI=1S/C19H16FN7OS/c1-10-3-2-4-13-15(10)24-19(29-13)25-16-14(21)17(23-9-22-16)26-27-18(28)11-5-7-12(20)8-6-11/h2-9H,21H2,1H3,(H,27,28)(H2,22,23,24,25,26). The van der Waals surface area contributed by atoms with Gasteiger partial charge in [-0.1, -0.05) is 23.5 Å². The number of halogens is 1. The van der Waals surface area contributed by atoms with Crippen molar-refractivity contribution in [2.75, 3.05) is 16.5 Å². The van der Waals surface area contributed by atoms with Crippen LogP contribution in [0.25, 0.3) is 10.2 Å². The Morgan fingerprint density at radius 2 is 1.86 bits per heavy atom. The van der Waals surface area contributed by atoms with Crippen molar-refractivity contribution >= 4 is 49.9 Å². The molecule has 29 heavy (non-hydrogen) atoms. The quantitative estimate of drug-likeness (QED) is 0.372. The second kappa shape index (κ2) is 7.68. The molecule has 0 fully saturated rings. The van der Waals surface area contributed by atoms with E-state index in [0.717, 1.165) is 15.8 Å². The summed E-state index contributed by atoms with van der Waals surface area (Å²) in [6, 6.07) is 11.1. The molecule has 0 aliphatic carbocycles. The van der Waals surface area contributed by atoms with Crippen LogP contribution in [0.4, 0.5) is 26.8 Å². The minimum atomic E-state index is -0.459. The molecule has 0 radical (unpaired) electrons. The Hall–Kier alpha value is -3.79. The fraction of sp³-hybridized carbons (Fsp3) is 0.0526. The Labute approximate surface area is 169 Å². The van der Waals surface area contributed by atoms with Crippen LogP contribution >= 0.6 is 11.3 Å². The number of fused-ring (bicyclic) bond motifs is 1. The van der Waals surface area contributed by atoms with Gasteiger partial charge in [-0.25, -0.2) is 19.3 Å². The molecule has 0 aliphatic rings. The number of carbonyl (C=O) groups is 1. The predicted octanol–water partition coefficient (Wildman–Crippen LogP) is 3.62. The Balaban J connectivity index is 1.50. The summed E-state index contributed by atoms with van der Waals surface area (Å²) >= 11 is 1.48. The molecule has 0 aliphatic heterocycles. The lowest BCUT2D eigenvalue weighted by Gasteiger charge is -2.12. The van der Waals surface area contributed by atoms with Crippen molar-refractivity contribution in [1.82, 2.24) is 20.4 Å². The van der Waals surface area contributed by atoms with Crippen molar-refractivity contribution < 1.29 is 9.18 Å². The van der Waals surface area contributed by atoms with Crippen LogP contribution in [0.3, 0.4) is 0 Å². The molecule has 5 N–H and O–H groups in total. The van der Waals surface area contributed by atoms with Gasteiger partial charge in [-0.3, -0.25) is 15.6 Å². The number of rotatable bonds is 5. The van der Waals surface area contributed by atoms with E-state index in [4.69, 9.17) is 5.73 Å². The highest BCUT2D eigenvalue weighted by atomic mass is 32.1. The molecule has 0 atom stereocenters. The molecule has 4 aromatic rings. The molecule has 2 heterocycles. The van der Waals surface area contributed by atoms with Gasteiger partial charge in [-0.05, 0) is 42.8 Å². The zero-order valence-corrected chi connectivity index (χ0v) is 16.0. The van der Waals surface area contributed by atoms with Gasteiger partial charge in [-0.2, -0.15) is 0 Å². The zero-order valence-electron chi connectivity index (χ0n) is 15.2. The molecule has 10 heteroatoms. The van der Waals surface area contributed by atoms with E-state index in [1.54, 1.807) is 0 Å². The summed E-state index contributed by atoms with van der Waals surface area (Å²) in [7, 11) is 0. The maximum atomic E-state index is 13.0.